The largest absolute Gasteiger partial charge is 0.465 e. The number of hydrogen-bond acceptors (Lipinski definition) is 6. The molecule has 0 spiro atoms. The first-order chi connectivity index (χ1) is 14.3. The maximum Gasteiger partial charge on any atom is 0.325 e. The zero-order valence-electron chi connectivity index (χ0n) is 17.3. The van der Waals surface area contributed by atoms with E-state index in [-0.39, 0.29) is 18.1 Å². The second-order valence-electron chi connectivity index (χ2n) is 7.16. The van der Waals surface area contributed by atoms with Crippen LogP contribution in [-0.2, 0) is 35.3 Å². The quantitative estimate of drug-likeness (QED) is 0.472. The van der Waals surface area contributed by atoms with Crippen LogP contribution in [0.4, 0.5) is 0 Å². The summed E-state index contributed by atoms with van der Waals surface area (Å²) < 4.78 is 37.4. The number of sulfone groups is 1. The van der Waals surface area contributed by atoms with E-state index in [1.807, 2.05) is 19.1 Å². The normalized spacial score (nSPS) is 19.7. The van der Waals surface area contributed by atoms with Gasteiger partial charge in [0.25, 0.3) is 0 Å². The summed E-state index contributed by atoms with van der Waals surface area (Å²) in [7, 11) is -4.01. The van der Waals surface area contributed by atoms with Gasteiger partial charge in [0.2, 0.25) is 0 Å². The Labute approximate surface area is 177 Å². The van der Waals surface area contributed by atoms with Gasteiger partial charge in [-0.1, -0.05) is 49.4 Å². The number of carbonyl (C=O) groups excluding carboxylic acids is 2. The van der Waals surface area contributed by atoms with Gasteiger partial charge < -0.3 is 9.47 Å². The Bertz CT molecular complexity index is 993. The molecule has 0 radical (unpaired) electrons. The highest BCUT2D eigenvalue weighted by atomic mass is 32.2. The summed E-state index contributed by atoms with van der Waals surface area (Å²) in [4.78, 5) is 26.2. The Morgan fingerprint density at radius 2 is 1.40 bits per heavy atom. The molecule has 30 heavy (non-hydrogen) atoms. The Balaban J connectivity index is 2.18. The smallest absolute Gasteiger partial charge is 0.325 e. The van der Waals surface area contributed by atoms with Crippen molar-refractivity contribution in [2.45, 2.75) is 43.3 Å². The van der Waals surface area contributed by atoms with Crippen LogP contribution >= 0.6 is 0 Å². The summed E-state index contributed by atoms with van der Waals surface area (Å²) in [6, 6.07) is 15.2. The van der Waals surface area contributed by atoms with Crippen molar-refractivity contribution in [3.8, 4) is 0 Å². The predicted octanol–water partition coefficient (Wildman–Crippen LogP) is 3.30. The zero-order chi connectivity index (χ0) is 21.9. The van der Waals surface area contributed by atoms with Crippen molar-refractivity contribution in [1.29, 1.82) is 0 Å². The lowest BCUT2D eigenvalue weighted by atomic mass is 9.98. The number of hydrogen-bond donors (Lipinski definition) is 0. The standard InChI is InChI=1S/C23H26O6S/c1-4-16-12-14-17(15-13-16)19-20(30(26,27)18-10-8-7-9-11-18)23(19,21(24)28-5-2)22(25)29-6-3/h7-15,19-20H,4-6H2,1-3H3/t19-,20+/m0/s1. The molecular weight excluding hydrogens is 404 g/mol. The van der Waals surface area contributed by atoms with Gasteiger partial charge in [-0.15, -0.1) is 0 Å². The van der Waals surface area contributed by atoms with Crippen LogP contribution in [0.1, 0.15) is 37.8 Å². The second-order valence-corrected chi connectivity index (χ2v) is 9.23. The fraction of sp³-hybridized carbons (Fsp3) is 0.391. The fourth-order valence-electron chi connectivity index (χ4n) is 4.01. The Morgan fingerprint density at radius 3 is 1.87 bits per heavy atom. The first kappa shape index (κ1) is 22.0. The summed E-state index contributed by atoms with van der Waals surface area (Å²) in [6.07, 6.45) is 0.817. The minimum absolute atomic E-state index is 0.0274. The van der Waals surface area contributed by atoms with Crippen molar-refractivity contribution < 1.29 is 27.5 Å². The highest BCUT2D eigenvalue weighted by Gasteiger charge is 2.81. The van der Waals surface area contributed by atoms with Gasteiger partial charge in [0.1, 0.15) is 5.25 Å². The molecule has 0 aromatic heterocycles. The van der Waals surface area contributed by atoms with Crippen LogP contribution in [0.5, 0.6) is 0 Å². The van der Waals surface area contributed by atoms with Crippen molar-refractivity contribution in [2.75, 3.05) is 13.2 Å². The molecule has 0 unspecified atom stereocenters. The van der Waals surface area contributed by atoms with E-state index in [4.69, 9.17) is 9.47 Å². The molecule has 6 nitrogen and oxygen atoms in total. The van der Waals surface area contributed by atoms with E-state index in [1.165, 1.54) is 12.1 Å². The van der Waals surface area contributed by atoms with Gasteiger partial charge in [0.15, 0.2) is 15.3 Å². The van der Waals surface area contributed by atoms with Gasteiger partial charge >= 0.3 is 11.9 Å². The van der Waals surface area contributed by atoms with E-state index in [0.29, 0.717) is 5.56 Å². The topological polar surface area (TPSA) is 86.7 Å². The molecular formula is C23H26O6S. The van der Waals surface area contributed by atoms with Gasteiger partial charge in [-0.05, 0) is 43.5 Å². The summed E-state index contributed by atoms with van der Waals surface area (Å²) in [5.41, 5.74) is -0.258. The molecule has 0 N–H and O–H groups in total. The number of rotatable bonds is 8. The summed E-state index contributed by atoms with van der Waals surface area (Å²) in [5, 5.41) is -1.29. The molecule has 2 aromatic carbocycles. The third-order valence-electron chi connectivity index (χ3n) is 5.51. The first-order valence-corrected chi connectivity index (χ1v) is 11.6. The molecule has 1 aliphatic carbocycles. The van der Waals surface area contributed by atoms with Crippen molar-refractivity contribution in [3.63, 3.8) is 0 Å². The number of ether oxygens (including phenoxy) is 2. The molecule has 7 heteroatoms. The van der Waals surface area contributed by atoms with Crippen LogP contribution < -0.4 is 0 Å². The van der Waals surface area contributed by atoms with Crippen molar-refractivity contribution >= 4 is 21.8 Å². The molecule has 0 amide bonds. The van der Waals surface area contributed by atoms with Crippen LogP contribution in [0.15, 0.2) is 59.5 Å². The van der Waals surface area contributed by atoms with Gasteiger partial charge in [0, 0.05) is 5.92 Å². The molecule has 1 fully saturated rings. The molecule has 0 saturated heterocycles. The highest BCUT2D eigenvalue weighted by Crippen LogP contribution is 2.65. The maximum absolute atomic E-state index is 13.5. The first-order valence-electron chi connectivity index (χ1n) is 10.1. The average Bonchev–Trinajstić information content (AvgIpc) is 3.47. The molecule has 2 aromatic rings. The van der Waals surface area contributed by atoms with E-state index in [0.717, 1.165) is 12.0 Å². The number of esters is 2. The predicted molar refractivity (Wildman–Crippen MR) is 112 cm³/mol. The van der Waals surface area contributed by atoms with Gasteiger partial charge in [-0.25, -0.2) is 8.42 Å². The third-order valence-corrected chi connectivity index (χ3v) is 7.75. The maximum atomic E-state index is 13.5. The lowest BCUT2D eigenvalue weighted by Gasteiger charge is -2.15. The van der Waals surface area contributed by atoms with Crippen LogP contribution in [0.2, 0.25) is 0 Å². The fourth-order valence-corrected chi connectivity index (χ4v) is 6.32. The van der Waals surface area contributed by atoms with E-state index < -0.39 is 38.4 Å². The lowest BCUT2D eigenvalue weighted by Crippen LogP contribution is -2.35. The summed E-state index contributed by atoms with van der Waals surface area (Å²) >= 11 is 0. The molecule has 160 valence electrons. The van der Waals surface area contributed by atoms with E-state index >= 15 is 0 Å². The zero-order valence-corrected chi connectivity index (χ0v) is 18.1. The van der Waals surface area contributed by atoms with E-state index in [2.05, 4.69) is 0 Å². The monoisotopic (exact) mass is 430 g/mol. The van der Waals surface area contributed by atoms with Gasteiger partial charge in [-0.3, -0.25) is 9.59 Å². The molecule has 0 heterocycles. The highest BCUT2D eigenvalue weighted by molar-refractivity contribution is 7.92. The van der Waals surface area contributed by atoms with Crippen molar-refractivity contribution in [2.24, 2.45) is 5.41 Å². The summed E-state index contributed by atoms with van der Waals surface area (Å²) in [6.45, 7) is 5.30. The van der Waals surface area contributed by atoms with Crippen molar-refractivity contribution in [1.82, 2.24) is 0 Å². The molecule has 0 bridgehead atoms. The summed E-state index contributed by atoms with van der Waals surface area (Å²) in [5.74, 6) is -2.61. The average molecular weight is 431 g/mol. The second kappa shape index (κ2) is 8.60. The Hall–Kier alpha value is -2.67. The van der Waals surface area contributed by atoms with Gasteiger partial charge in [-0.2, -0.15) is 0 Å². The SMILES string of the molecule is CCOC(=O)C1(C(=O)OCC)[C@H](S(=O)(=O)c2ccccc2)[C@@H]1c1ccc(CC)cc1. The van der Waals surface area contributed by atoms with Crippen LogP contribution in [-0.4, -0.2) is 38.8 Å². The molecule has 0 aliphatic heterocycles. The number of benzene rings is 2. The molecule has 3 rings (SSSR count). The van der Waals surface area contributed by atoms with Crippen LogP contribution in [0.3, 0.4) is 0 Å². The molecule has 1 aliphatic rings. The van der Waals surface area contributed by atoms with Gasteiger partial charge in [0.05, 0.1) is 18.1 Å². The molecule has 2 atom stereocenters. The third kappa shape index (κ3) is 3.51. The number of aryl methyl sites for hydroxylation is 1. The Morgan fingerprint density at radius 1 is 0.867 bits per heavy atom. The minimum atomic E-state index is -4.01. The minimum Gasteiger partial charge on any atom is -0.465 e. The molecule has 1 saturated carbocycles. The van der Waals surface area contributed by atoms with Crippen molar-refractivity contribution in [3.05, 3.63) is 65.7 Å². The van der Waals surface area contributed by atoms with Crippen LogP contribution in [0, 0.1) is 5.41 Å². The number of carbonyl (C=O) groups is 2. The lowest BCUT2D eigenvalue weighted by molar-refractivity contribution is -0.164. The Kier molecular flexibility index (Phi) is 6.31. The van der Waals surface area contributed by atoms with Crippen LogP contribution in [0.25, 0.3) is 0 Å². The van der Waals surface area contributed by atoms with E-state index in [1.54, 1.807) is 44.2 Å². The van der Waals surface area contributed by atoms with E-state index in [9.17, 15) is 18.0 Å².